The molecule has 13 heavy (non-hydrogen) atoms. The molecule has 0 heterocycles. The van der Waals surface area contributed by atoms with Crippen LogP contribution in [0.4, 0.5) is 0 Å². The van der Waals surface area contributed by atoms with Crippen LogP contribution in [0, 0.1) is 0 Å². The van der Waals surface area contributed by atoms with E-state index in [0.717, 1.165) is 25.5 Å². The highest BCUT2D eigenvalue weighted by Crippen LogP contribution is 2.06. The van der Waals surface area contributed by atoms with Crippen molar-refractivity contribution in [3.8, 4) is 0 Å². The van der Waals surface area contributed by atoms with Gasteiger partial charge in [-0.2, -0.15) is 0 Å². The molecular weight excluding hydrogens is 160 g/mol. The van der Waals surface area contributed by atoms with Gasteiger partial charge in [0, 0.05) is 6.42 Å². The lowest BCUT2D eigenvalue weighted by Crippen LogP contribution is -1.80. The Labute approximate surface area is 82.2 Å². The van der Waals surface area contributed by atoms with Crippen molar-refractivity contribution in [1.29, 1.82) is 0 Å². The van der Waals surface area contributed by atoms with Crippen LogP contribution in [0.25, 0.3) is 0 Å². The summed E-state index contributed by atoms with van der Waals surface area (Å²) in [6, 6.07) is 0. The van der Waals surface area contributed by atoms with E-state index < -0.39 is 0 Å². The van der Waals surface area contributed by atoms with Gasteiger partial charge in [-0.25, -0.2) is 0 Å². The van der Waals surface area contributed by atoms with Crippen LogP contribution in [-0.4, -0.2) is 6.29 Å². The lowest BCUT2D eigenvalue weighted by Gasteiger charge is -1.96. The Hall–Kier alpha value is -0.590. The molecule has 0 amide bonds. The Morgan fingerprint density at radius 2 is 1.46 bits per heavy atom. The number of hydrogen-bond acceptors (Lipinski definition) is 1. The second-order valence-corrected chi connectivity index (χ2v) is 3.39. The van der Waals surface area contributed by atoms with E-state index in [9.17, 15) is 4.79 Å². The average Bonchev–Trinajstić information content (AvgIpc) is 2.16. The van der Waals surface area contributed by atoms with Gasteiger partial charge >= 0.3 is 0 Å². The zero-order valence-electron chi connectivity index (χ0n) is 8.80. The van der Waals surface area contributed by atoms with Gasteiger partial charge in [-0.15, -0.1) is 0 Å². The highest BCUT2D eigenvalue weighted by molar-refractivity contribution is 5.48. The van der Waals surface area contributed by atoms with Crippen LogP contribution in [0.2, 0.25) is 0 Å². The maximum atomic E-state index is 10.0. The molecule has 0 saturated heterocycles. The fraction of sp³-hybridized carbons (Fsp3) is 0.750. The molecule has 0 bridgehead atoms. The fourth-order valence-corrected chi connectivity index (χ4v) is 1.30. The Morgan fingerprint density at radius 1 is 0.846 bits per heavy atom. The second kappa shape index (κ2) is 11.4. The largest absolute Gasteiger partial charge is 0.303 e. The Morgan fingerprint density at radius 3 is 2.08 bits per heavy atom. The summed E-state index contributed by atoms with van der Waals surface area (Å²) in [5.74, 6) is 0. The number of carbonyl (C=O) groups is 1. The first-order chi connectivity index (χ1) is 6.41. The van der Waals surface area contributed by atoms with E-state index in [0.29, 0.717) is 0 Å². The standard InChI is InChI=1S/C12H22O/c1-2-3-4-5-6-7-8-9-10-11-12-13/h3-4,12H,2,5-11H2,1H3/b4-3-. The summed E-state index contributed by atoms with van der Waals surface area (Å²) >= 11 is 0. The summed E-state index contributed by atoms with van der Waals surface area (Å²) in [6.07, 6.45) is 14.8. The molecule has 1 heteroatoms. The quantitative estimate of drug-likeness (QED) is 0.300. The van der Waals surface area contributed by atoms with Gasteiger partial charge in [-0.05, 0) is 25.7 Å². The lowest BCUT2D eigenvalue weighted by atomic mass is 10.1. The predicted octanol–water partition coefficient (Wildman–Crippen LogP) is 3.88. The Kier molecular flexibility index (Phi) is 10.9. The molecule has 0 aromatic rings. The molecule has 0 unspecified atom stereocenters. The zero-order valence-corrected chi connectivity index (χ0v) is 8.80. The summed E-state index contributed by atoms with van der Waals surface area (Å²) < 4.78 is 0. The van der Waals surface area contributed by atoms with E-state index in [1.165, 1.54) is 32.1 Å². The normalized spacial score (nSPS) is 10.8. The molecule has 76 valence electrons. The van der Waals surface area contributed by atoms with Gasteiger partial charge in [0.1, 0.15) is 6.29 Å². The molecule has 0 spiro atoms. The van der Waals surface area contributed by atoms with Crippen LogP contribution in [0.1, 0.15) is 58.3 Å². The molecule has 0 aliphatic carbocycles. The van der Waals surface area contributed by atoms with E-state index in [-0.39, 0.29) is 0 Å². The Bertz CT molecular complexity index is 127. The molecule has 0 aromatic carbocycles. The molecule has 0 aliphatic heterocycles. The van der Waals surface area contributed by atoms with Gasteiger partial charge in [0.2, 0.25) is 0 Å². The number of unbranched alkanes of at least 4 members (excludes halogenated alkanes) is 6. The molecule has 0 N–H and O–H groups in total. The molecule has 0 atom stereocenters. The van der Waals surface area contributed by atoms with E-state index in [1.54, 1.807) is 0 Å². The van der Waals surface area contributed by atoms with E-state index >= 15 is 0 Å². The van der Waals surface area contributed by atoms with E-state index in [4.69, 9.17) is 0 Å². The molecular formula is C12H22O. The lowest BCUT2D eigenvalue weighted by molar-refractivity contribution is -0.107. The molecule has 0 aliphatic rings. The van der Waals surface area contributed by atoms with E-state index in [1.807, 2.05) is 0 Å². The van der Waals surface area contributed by atoms with Crippen molar-refractivity contribution >= 4 is 6.29 Å². The highest BCUT2D eigenvalue weighted by atomic mass is 16.1. The number of hydrogen-bond donors (Lipinski definition) is 0. The molecule has 0 radical (unpaired) electrons. The van der Waals surface area contributed by atoms with Crippen molar-refractivity contribution < 1.29 is 4.79 Å². The number of carbonyl (C=O) groups excluding carboxylic acids is 1. The van der Waals surface area contributed by atoms with Crippen molar-refractivity contribution in [2.75, 3.05) is 0 Å². The minimum absolute atomic E-state index is 0.746. The molecule has 0 aromatic heterocycles. The average molecular weight is 182 g/mol. The fourth-order valence-electron chi connectivity index (χ4n) is 1.30. The van der Waals surface area contributed by atoms with Gasteiger partial charge in [0.05, 0.1) is 0 Å². The van der Waals surface area contributed by atoms with Crippen molar-refractivity contribution in [1.82, 2.24) is 0 Å². The zero-order chi connectivity index (χ0) is 9.78. The minimum Gasteiger partial charge on any atom is -0.303 e. The smallest absolute Gasteiger partial charge is 0.119 e. The monoisotopic (exact) mass is 182 g/mol. The van der Waals surface area contributed by atoms with Crippen molar-refractivity contribution in [3.63, 3.8) is 0 Å². The van der Waals surface area contributed by atoms with Crippen molar-refractivity contribution in [2.45, 2.75) is 58.3 Å². The van der Waals surface area contributed by atoms with Gasteiger partial charge in [0.15, 0.2) is 0 Å². The van der Waals surface area contributed by atoms with Gasteiger partial charge in [0.25, 0.3) is 0 Å². The summed E-state index contributed by atoms with van der Waals surface area (Å²) in [7, 11) is 0. The topological polar surface area (TPSA) is 17.1 Å². The van der Waals surface area contributed by atoms with Gasteiger partial charge in [-0.1, -0.05) is 38.3 Å². The van der Waals surface area contributed by atoms with Crippen LogP contribution in [0.3, 0.4) is 0 Å². The predicted molar refractivity (Wildman–Crippen MR) is 57.8 cm³/mol. The molecule has 1 nitrogen and oxygen atoms in total. The number of allylic oxidation sites excluding steroid dienone is 2. The highest BCUT2D eigenvalue weighted by Gasteiger charge is 1.88. The van der Waals surface area contributed by atoms with Crippen molar-refractivity contribution in [3.05, 3.63) is 12.2 Å². The number of rotatable bonds is 9. The second-order valence-electron chi connectivity index (χ2n) is 3.39. The third kappa shape index (κ3) is 11.4. The maximum absolute atomic E-state index is 10.0. The van der Waals surface area contributed by atoms with Crippen molar-refractivity contribution in [2.24, 2.45) is 0 Å². The summed E-state index contributed by atoms with van der Waals surface area (Å²) in [5, 5.41) is 0. The Balaban J connectivity index is 2.91. The maximum Gasteiger partial charge on any atom is 0.119 e. The van der Waals surface area contributed by atoms with Crippen LogP contribution in [-0.2, 0) is 4.79 Å². The summed E-state index contributed by atoms with van der Waals surface area (Å²) in [6.45, 7) is 2.16. The molecule has 0 rings (SSSR count). The minimum atomic E-state index is 0.746. The first-order valence-electron chi connectivity index (χ1n) is 5.50. The third-order valence-electron chi connectivity index (χ3n) is 2.10. The first kappa shape index (κ1) is 12.4. The van der Waals surface area contributed by atoms with E-state index in [2.05, 4.69) is 19.1 Å². The number of aldehydes is 1. The summed E-state index contributed by atoms with van der Waals surface area (Å²) in [5.41, 5.74) is 0. The molecule has 0 saturated carbocycles. The van der Waals surface area contributed by atoms with Gasteiger partial charge in [-0.3, -0.25) is 0 Å². The third-order valence-corrected chi connectivity index (χ3v) is 2.10. The summed E-state index contributed by atoms with van der Waals surface area (Å²) in [4.78, 5) is 10.0. The SMILES string of the molecule is CC/C=C\CCCCCCCC=O. The van der Waals surface area contributed by atoms with Crippen LogP contribution >= 0.6 is 0 Å². The van der Waals surface area contributed by atoms with Gasteiger partial charge < -0.3 is 4.79 Å². The van der Waals surface area contributed by atoms with Crippen LogP contribution in [0.15, 0.2) is 12.2 Å². The van der Waals surface area contributed by atoms with Crippen LogP contribution in [0.5, 0.6) is 0 Å². The molecule has 0 fully saturated rings. The van der Waals surface area contributed by atoms with Crippen LogP contribution < -0.4 is 0 Å². The first-order valence-corrected chi connectivity index (χ1v) is 5.50.